The van der Waals surface area contributed by atoms with Crippen molar-refractivity contribution in [2.75, 3.05) is 0 Å². The van der Waals surface area contributed by atoms with E-state index in [0.29, 0.717) is 11.8 Å². The summed E-state index contributed by atoms with van der Waals surface area (Å²) >= 11 is 0. The van der Waals surface area contributed by atoms with Gasteiger partial charge in [0.1, 0.15) is 6.29 Å². The van der Waals surface area contributed by atoms with Gasteiger partial charge in [0.2, 0.25) is 5.78 Å². The molecule has 0 spiro atoms. The fourth-order valence-corrected chi connectivity index (χ4v) is 0.905. The molecular weight excluding hydrogens is 166 g/mol. The minimum Gasteiger partial charge on any atom is -0.395 e. The summed E-state index contributed by atoms with van der Waals surface area (Å²) in [4.78, 5) is 21.4. The molecule has 0 saturated heterocycles. The molecule has 0 aliphatic heterocycles. The van der Waals surface area contributed by atoms with Crippen LogP contribution in [-0.4, -0.2) is 12.1 Å². The molecule has 1 rings (SSSR count). The number of Topliss-reactive ketones (excluding diaryl/α,β-unsaturated/α-hetero) is 1. The number of allylic oxidation sites excluding steroid dienone is 2. The summed E-state index contributed by atoms with van der Waals surface area (Å²) in [5.74, 6) is -0.326. The van der Waals surface area contributed by atoms with Crippen LogP contribution >= 0.6 is 0 Å². The molecule has 0 unspecified atom stereocenters. The molecule has 1 aromatic carbocycles. The van der Waals surface area contributed by atoms with Crippen LogP contribution in [0.15, 0.2) is 42.1 Å². The molecule has 0 atom stereocenters. The van der Waals surface area contributed by atoms with Crippen molar-refractivity contribution in [3.8, 4) is 0 Å². The molecule has 3 heteroatoms. The maximum Gasteiger partial charge on any atom is 0.208 e. The summed E-state index contributed by atoms with van der Waals surface area (Å²) in [7, 11) is 0. The van der Waals surface area contributed by atoms with E-state index in [2.05, 4.69) is 0 Å². The van der Waals surface area contributed by atoms with Crippen LogP contribution in [0.3, 0.4) is 0 Å². The van der Waals surface area contributed by atoms with Gasteiger partial charge in [0.05, 0.1) is 5.70 Å². The zero-order valence-corrected chi connectivity index (χ0v) is 6.94. The molecule has 0 bridgehead atoms. The van der Waals surface area contributed by atoms with Crippen LogP contribution in [0.5, 0.6) is 0 Å². The van der Waals surface area contributed by atoms with E-state index in [0.717, 1.165) is 6.08 Å². The van der Waals surface area contributed by atoms with Crippen molar-refractivity contribution in [2.24, 2.45) is 5.73 Å². The molecule has 0 amide bonds. The van der Waals surface area contributed by atoms with E-state index in [-0.39, 0.29) is 11.5 Å². The third-order valence-electron chi connectivity index (χ3n) is 1.55. The second kappa shape index (κ2) is 4.21. The van der Waals surface area contributed by atoms with E-state index in [1.165, 1.54) is 0 Å². The van der Waals surface area contributed by atoms with Gasteiger partial charge in [-0.25, -0.2) is 0 Å². The number of rotatable bonds is 3. The highest BCUT2D eigenvalue weighted by Crippen LogP contribution is 2.03. The minimum atomic E-state index is -0.326. The fourth-order valence-electron chi connectivity index (χ4n) is 0.905. The van der Waals surface area contributed by atoms with Gasteiger partial charge in [0.25, 0.3) is 0 Å². The van der Waals surface area contributed by atoms with Gasteiger partial charge < -0.3 is 5.73 Å². The molecule has 0 radical (unpaired) electrons. The highest BCUT2D eigenvalue weighted by molar-refractivity contribution is 6.09. The number of nitrogens with two attached hydrogens (primary N) is 1. The maximum atomic E-state index is 11.4. The van der Waals surface area contributed by atoms with Crippen LogP contribution in [-0.2, 0) is 4.79 Å². The summed E-state index contributed by atoms with van der Waals surface area (Å²) < 4.78 is 0. The van der Waals surface area contributed by atoms with Crippen molar-refractivity contribution in [1.82, 2.24) is 0 Å². The number of benzene rings is 1. The van der Waals surface area contributed by atoms with Gasteiger partial charge in [0.15, 0.2) is 0 Å². The van der Waals surface area contributed by atoms with E-state index in [9.17, 15) is 9.59 Å². The molecule has 13 heavy (non-hydrogen) atoms. The lowest BCUT2D eigenvalue weighted by atomic mass is 10.1. The molecule has 0 saturated carbocycles. The summed E-state index contributed by atoms with van der Waals surface area (Å²) in [6, 6.07) is 8.57. The van der Waals surface area contributed by atoms with E-state index in [4.69, 9.17) is 5.73 Å². The van der Waals surface area contributed by atoms with Gasteiger partial charge in [-0.1, -0.05) is 30.3 Å². The van der Waals surface area contributed by atoms with Crippen molar-refractivity contribution < 1.29 is 9.59 Å². The molecule has 0 aromatic heterocycles. The molecular formula is C10H9NO2. The number of aldehydes is 1. The topological polar surface area (TPSA) is 60.2 Å². The lowest BCUT2D eigenvalue weighted by Gasteiger charge is -1.98. The second-order valence-electron chi connectivity index (χ2n) is 2.45. The zero-order valence-electron chi connectivity index (χ0n) is 6.94. The molecule has 2 N–H and O–H groups in total. The monoisotopic (exact) mass is 175 g/mol. The fraction of sp³-hybridized carbons (Fsp3) is 0. The van der Waals surface area contributed by atoms with E-state index < -0.39 is 0 Å². The SMILES string of the molecule is NC(=CC=O)C(=O)c1ccccc1. The Morgan fingerprint density at radius 2 is 1.85 bits per heavy atom. The Bertz CT molecular complexity index is 341. The average molecular weight is 175 g/mol. The first-order chi connectivity index (χ1) is 6.25. The van der Waals surface area contributed by atoms with Crippen molar-refractivity contribution in [2.45, 2.75) is 0 Å². The Kier molecular flexibility index (Phi) is 2.97. The molecule has 66 valence electrons. The van der Waals surface area contributed by atoms with Crippen molar-refractivity contribution in [1.29, 1.82) is 0 Å². The molecule has 3 nitrogen and oxygen atoms in total. The third-order valence-corrected chi connectivity index (χ3v) is 1.55. The third kappa shape index (κ3) is 2.27. The Hall–Kier alpha value is -1.90. The quantitative estimate of drug-likeness (QED) is 0.422. The first-order valence-corrected chi connectivity index (χ1v) is 3.76. The van der Waals surface area contributed by atoms with Gasteiger partial charge >= 0.3 is 0 Å². The van der Waals surface area contributed by atoms with E-state index >= 15 is 0 Å². The van der Waals surface area contributed by atoms with Crippen LogP contribution in [0.2, 0.25) is 0 Å². The number of ketones is 1. The van der Waals surface area contributed by atoms with Crippen LogP contribution < -0.4 is 5.73 Å². The first kappa shape index (κ1) is 9.19. The highest BCUT2D eigenvalue weighted by Gasteiger charge is 2.06. The summed E-state index contributed by atoms with van der Waals surface area (Å²) in [6.07, 6.45) is 1.55. The minimum absolute atomic E-state index is 0.0406. The lowest BCUT2D eigenvalue weighted by Crippen LogP contribution is -2.11. The van der Waals surface area contributed by atoms with Gasteiger partial charge in [-0.15, -0.1) is 0 Å². The highest BCUT2D eigenvalue weighted by atomic mass is 16.1. The average Bonchev–Trinajstić information content (AvgIpc) is 2.18. The maximum absolute atomic E-state index is 11.4. The molecule has 0 aliphatic rings. The summed E-state index contributed by atoms with van der Waals surface area (Å²) in [5, 5.41) is 0. The molecule has 1 aromatic rings. The van der Waals surface area contributed by atoms with Crippen molar-refractivity contribution in [3.05, 3.63) is 47.7 Å². The van der Waals surface area contributed by atoms with Crippen LogP contribution in [0, 0.1) is 0 Å². The van der Waals surface area contributed by atoms with Gasteiger partial charge in [-0.05, 0) is 0 Å². The Balaban J connectivity index is 2.92. The predicted molar refractivity (Wildman–Crippen MR) is 49.1 cm³/mol. The lowest BCUT2D eigenvalue weighted by molar-refractivity contribution is -0.104. The molecule has 0 heterocycles. The number of carbonyl (C=O) groups is 2. The normalized spacial score (nSPS) is 10.9. The number of hydrogen-bond donors (Lipinski definition) is 1. The largest absolute Gasteiger partial charge is 0.395 e. The smallest absolute Gasteiger partial charge is 0.208 e. The van der Waals surface area contributed by atoms with Crippen LogP contribution in [0.4, 0.5) is 0 Å². The summed E-state index contributed by atoms with van der Waals surface area (Å²) in [6.45, 7) is 0. The number of hydrogen-bond acceptors (Lipinski definition) is 3. The Morgan fingerprint density at radius 1 is 1.23 bits per heavy atom. The first-order valence-electron chi connectivity index (χ1n) is 3.76. The summed E-state index contributed by atoms with van der Waals surface area (Å²) in [5.41, 5.74) is 5.78. The van der Waals surface area contributed by atoms with Gasteiger partial charge in [-0.3, -0.25) is 9.59 Å². The van der Waals surface area contributed by atoms with Crippen molar-refractivity contribution in [3.63, 3.8) is 0 Å². The predicted octanol–water partition coefficient (Wildman–Crippen LogP) is 0.911. The molecule has 0 aliphatic carbocycles. The zero-order chi connectivity index (χ0) is 9.68. The van der Waals surface area contributed by atoms with Gasteiger partial charge in [0, 0.05) is 11.6 Å². The van der Waals surface area contributed by atoms with Crippen LogP contribution in [0.1, 0.15) is 10.4 Å². The molecule has 0 fully saturated rings. The van der Waals surface area contributed by atoms with Crippen molar-refractivity contribution >= 4 is 12.1 Å². The van der Waals surface area contributed by atoms with E-state index in [1.54, 1.807) is 30.3 Å². The van der Waals surface area contributed by atoms with Crippen LogP contribution in [0.25, 0.3) is 0 Å². The van der Waals surface area contributed by atoms with Gasteiger partial charge in [-0.2, -0.15) is 0 Å². The Labute approximate surface area is 75.9 Å². The van der Waals surface area contributed by atoms with E-state index in [1.807, 2.05) is 0 Å². The Morgan fingerprint density at radius 3 is 2.38 bits per heavy atom. The second-order valence-corrected chi connectivity index (χ2v) is 2.45. The number of carbonyl (C=O) groups excluding carboxylic acids is 2. The standard InChI is InChI=1S/C10H9NO2/c11-9(6-7-12)10(13)8-4-2-1-3-5-8/h1-7H,11H2.